The first kappa shape index (κ1) is 10.1. The van der Waals surface area contributed by atoms with Crippen molar-refractivity contribution in [2.24, 2.45) is 0 Å². The number of aromatic nitrogens is 2. The summed E-state index contributed by atoms with van der Waals surface area (Å²) in [6.45, 7) is 4.25. The number of rotatable bonds is 4. The Balaban J connectivity index is 1.58. The normalized spacial score (nSPS) is 25.6. The summed E-state index contributed by atoms with van der Waals surface area (Å²) in [6.07, 6.45) is 4.47. The van der Waals surface area contributed by atoms with Gasteiger partial charge in [-0.1, -0.05) is 0 Å². The lowest BCUT2D eigenvalue weighted by atomic mass is 10.2. The Kier molecular flexibility index (Phi) is 2.80. The molecular formula is C11H19N5. The minimum absolute atomic E-state index is 0.536. The summed E-state index contributed by atoms with van der Waals surface area (Å²) in [5.74, 6) is 1.15. The molecule has 0 spiro atoms. The molecule has 2 aliphatic rings. The Morgan fingerprint density at radius 2 is 2.44 bits per heavy atom. The van der Waals surface area contributed by atoms with E-state index in [-0.39, 0.29) is 0 Å². The second-order valence-corrected chi connectivity index (χ2v) is 4.65. The average molecular weight is 221 g/mol. The van der Waals surface area contributed by atoms with Crippen molar-refractivity contribution in [1.29, 1.82) is 0 Å². The van der Waals surface area contributed by atoms with Crippen molar-refractivity contribution in [3.8, 4) is 0 Å². The minimum Gasteiger partial charge on any atom is -0.369 e. The van der Waals surface area contributed by atoms with Crippen LogP contribution in [0.2, 0.25) is 0 Å². The van der Waals surface area contributed by atoms with Gasteiger partial charge in [0, 0.05) is 31.7 Å². The van der Waals surface area contributed by atoms with Crippen LogP contribution < -0.4 is 16.0 Å². The zero-order valence-corrected chi connectivity index (χ0v) is 9.45. The maximum absolute atomic E-state index is 4.38. The van der Waals surface area contributed by atoms with Gasteiger partial charge in [-0.15, -0.1) is 0 Å². The molecule has 1 aromatic rings. The van der Waals surface area contributed by atoms with E-state index in [0.29, 0.717) is 12.1 Å². The summed E-state index contributed by atoms with van der Waals surface area (Å²) >= 11 is 0. The fourth-order valence-electron chi connectivity index (χ4n) is 2.35. The highest BCUT2D eigenvalue weighted by Gasteiger charge is 2.22. The summed E-state index contributed by atoms with van der Waals surface area (Å²) in [6, 6.07) is 3.23. The zero-order chi connectivity index (χ0) is 10.8. The largest absolute Gasteiger partial charge is 0.369 e. The Labute approximate surface area is 95.6 Å². The molecule has 0 amide bonds. The number of hydrogen-bond donors (Lipinski definition) is 3. The molecule has 3 rings (SSSR count). The molecule has 1 aromatic heterocycles. The van der Waals surface area contributed by atoms with Crippen LogP contribution in [-0.4, -0.2) is 42.0 Å². The molecule has 1 unspecified atom stereocenters. The van der Waals surface area contributed by atoms with E-state index in [1.165, 1.54) is 12.8 Å². The number of anilines is 1. The van der Waals surface area contributed by atoms with Gasteiger partial charge in [-0.25, -0.2) is 4.68 Å². The van der Waals surface area contributed by atoms with E-state index in [0.717, 1.165) is 32.0 Å². The molecule has 0 saturated carbocycles. The highest BCUT2D eigenvalue weighted by Crippen LogP contribution is 2.17. The van der Waals surface area contributed by atoms with E-state index in [4.69, 9.17) is 0 Å². The molecule has 5 nitrogen and oxygen atoms in total. The quantitative estimate of drug-likeness (QED) is 0.679. The first-order valence-corrected chi connectivity index (χ1v) is 6.15. The predicted molar refractivity (Wildman–Crippen MR) is 63.6 cm³/mol. The summed E-state index contributed by atoms with van der Waals surface area (Å²) in [7, 11) is 0. The van der Waals surface area contributed by atoms with Crippen LogP contribution in [-0.2, 0) is 0 Å². The third-order valence-corrected chi connectivity index (χ3v) is 3.47. The fourth-order valence-corrected chi connectivity index (χ4v) is 2.35. The molecule has 16 heavy (non-hydrogen) atoms. The lowest BCUT2D eigenvalue weighted by molar-refractivity contribution is 0.321. The maximum Gasteiger partial charge on any atom is 0.124 e. The number of nitrogens with one attached hydrogen (secondary N) is 3. The Morgan fingerprint density at radius 3 is 3.12 bits per heavy atom. The van der Waals surface area contributed by atoms with Crippen molar-refractivity contribution < 1.29 is 0 Å². The lowest BCUT2D eigenvalue weighted by Gasteiger charge is -2.29. The fraction of sp³-hybridized carbons (Fsp3) is 0.727. The molecule has 0 bridgehead atoms. The number of nitrogens with zero attached hydrogens (tertiary/aromatic N) is 2. The van der Waals surface area contributed by atoms with Crippen LogP contribution in [0, 0.1) is 0 Å². The van der Waals surface area contributed by atoms with Crippen LogP contribution in [0.5, 0.6) is 0 Å². The van der Waals surface area contributed by atoms with Gasteiger partial charge in [-0.3, -0.25) is 0 Å². The molecule has 88 valence electrons. The molecule has 2 fully saturated rings. The van der Waals surface area contributed by atoms with Gasteiger partial charge >= 0.3 is 0 Å². The Hall–Kier alpha value is -1.07. The summed E-state index contributed by atoms with van der Waals surface area (Å²) in [4.78, 5) is 0. The molecule has 5 heteroatoms. The van der Waals surface area contributed by atoms with Gasteiger partial charge < -0.3 is 16.0 Å². The minimum atomic E-state index is 0.536. The van der Waals surface area contributed by atoms with Crippen molar-refractivity contribution in [3.63, 3.8) is 0 Å². The molecule has 1 atom stereocenters. The molecule has 3 heterocycles. The van der Waals surface area contributed by atoms with Gasteiger partial charge in [0.1, 0.15) is 5.82 Å². The van der Waals surface area contributed by atoms with Gasteiger partial charge in [0.15, 0.2) is 0 Å². The molecule has 3 N–H and O–H groups in total. The van der Waals surface area contributed by atoms with Crippen LogP contribution >= 0.6 is 0 Å². The molecule has 0 aliphatic carbocycles. The standard InChI is InChI=1S/C11H19N5/c1-2-9(13-4-1)6-14-11-3-5-15-16(11)10-7-12-8-10/h3,5,9-10,12-14H,1-2,4,6-8H2. The Morgan fingerprint density at radius 1 is 1.50 bits per heavy atom. The second-order valence-electron chi connectivity index (χ2n) is 4.65. The van der Waals surface area contributed by atoms with Gasteiger partial charge in [0.2, 0.25) is 0 Å². The van der Waals surface area contributed by atoms with E-state index < -0.39 is 0 Å². The SMILES string of the molecule is c1cc(NCC2CCCN2)n(C2CNC2)n1. The summed E-state index contributed by atoms with van der Waals surface area (Å²) in [5, 5.41) is 14.6. The van der Waals surface area contributed by atoms with Crippen LogP contribution in [0.25, 0.3) is 0 Å². The molecule has 0 aromatic carbocycles. The Bertz CT molecular complexity index is 338. The summed E-state index contributed by atoms with van der Waals surface area (Å²) in [5.41, 5.74) is 0. The van der Waals surface area contributed by atoms with Crippen molar-refractivity contribution in [2.45, 2.75) is 24.9 Å². The topological polar surface area (TPSA) is 53.9 Å². The van der Waals surface area contributed by atoms with Crippen LogP contribution in [0.4, 0.5) is 5.82 Å². The highest BCUT2D eigenvalue weighted by atomic mass is 15.4. The van der Waals surface area contributed by atoms with Crippen molar-refractivity contribution in [3.05, 3.63) is 12.3 Å². The van der Waals surface area contributed by atoms with E-state index in [2.05, 4.69) is 31.8 Å². The highest BCUT2D eigenvalue weighted by molar-refractivity contribution is 5.35. The molecule has 2 saturated heterocycles. The van der Waals surface area contributed by atoms with Crippen molar-refractivity contribution in [1.82, 2.24) is 20.4 Å². The molecule has 2 aliphatic heterocycles. The van der Waals surface area contributed by atoms with Crippen molar-refractivity contribution >= 4 is 5.82 Å². The van der Waals surface area contributed by atoms with Crippen LogP contribution in [0.15, 0.2) is 12.3 Å². The van der Waals surface area contributed by atoms with Gasteiger partial charge in [-0.05, 0) is 19.4 Å². The maximum atomic E-state index is 4.38. The first-order valence-electron chi connectivity index (χ1n) is 6.15. The third-order valence-electron chi connectivity index (χ3n) is 3.47. The predicted octanol–water partition coefficient (Wildman–Crippen LogP) is 0.191. The molecular weight excluding hydrogens is 202 g/mol. The first-order chi connectivity index (χ1) is 7.93. The summed E-state index contributed by atoms with van der Waals surface area (Å²) < 4.78 is 2.10. The zero-order valence-electron chi connectivity index (χ0n) is 9.45. The lowest BCUT2D eigenvalue weighted by Crippen LogP contribution is -2.44. The average Bonchev–Trinajstić information content (AvgIpc) is 2.82. The van der Waals surface area contributed by atoms with E-state index in [1.807, 2.05) is 6.20 Å². The number of hydrogen-bond acceptors (Lipinski definition) is 4. The van der Waals surface area contributed by atoms with Crippen molar-refractivity contribution in [2.75, 3.05) is 31.5 Å². The smallest absolute Gasteiger partial charge is 0.124 e. The van der Waals surface area contributed by atoms with E-state index >= 15 is 0 Å². The molecule has 0 radical (unpaired) electrons. The van der Waals surface area contributed by atoms with Gasteiger partial charge in [-0.2, -0.15) is 5.10 Å². The van der Waals surface area contributed by atoms with Gasteiger partial charge in [0.05, 0.1) is 12.2 Å². The van der Waals surface area contributed by atoms with E-state index in [9.17, 15) is 0 Å². The van der Waals surface area contributed by atoms with Crippen LogP contribution in [0.3, 0.4) is 0 Å². The van der Waals surface area contributed by atoms with Gasteiger partial charge in [0.25, 0.3) is 0 Å². The second kappa shape index (κ2) is 4.43. The monoisotopic (exact) mass is 221 g/mol. The third kappa shape index (κ3) is 1.92. The van der Waals surface area contributed by atoms with Crippen LogP contribution in [0.1, 0.15) is 18.9 Å². The van der Waals surface area contributed by atoms with E-state index in [1.54, 1.807) is 0 Å².